The number of phosphoric acid groups is 1. The highest BCUT2D eigenvalue weighted by Crippen LogP contribution is 2.43. The van der Waals surface area contributed by atoms with Gasteiger partial charge in [0.2, 0.25) is 0 Å². The van der Waals surface area contributed by atoms with Crippen LogP contribution in [-0.4, -0.2) is 74.9 Å². The zero-order valence-corrected chi connectivity index (χ0v) is 49.3. The van der Waals surface area contributed by atoms with Crippen LogP contribution in [0.4, 0.5) is 0 Å². The summed E-state index contributed by atoms with van der Waals surface area (Å²) in [5, 5.41) is 0. The van der Waals surface area contributed by atoms with Crippen molar-refractivity contribution in [1.29, 1.82) is 0 Å². The van der Waals surface area contributed by atoms with Crippen LogP contribution in [0.2, 0.25) is 0 Å². The quantitative estimate of drug-likeness (QED) is 0.0211. The van der Waals surface area contributed by atoms with Crippen LogP contribution >= 0.6 is 7.82 Å². The Bertz CT molecular complexity index is 1840. The van der Waals surface area contributed by atoms with Crippen molar-refractivity contribution in [2.24, 2.45) is 0 Å². The number of likely N-dealkylation sites (N-methyl/N-ethyl adjacent to an activating group) is 1. The van der Waals surface area contributed by atoms with Gasteiger partial charge in [0.05, 0.1) is 27.7 Å². The van der Waals surface area contributed by atoms with Gasteiger partial charge in [-0.2, -0.15) is 0 Å². The maximum Gasteiger partial charge on any atom is 0.472 e. The van der Waals surface area contributed by atoms with Crippen LogP contribution in [-0.2, 0) is 32.7 Å². The van der Waals surface area contributed by atoms with Crippen molar-refractivity contribution >= 4 is 19.8 Å². The molecule has 10 heteroatoms. The molecule has 0 aliphatic heterocycles. The highest BCUT2D eigenvalue weighted by atomic mass is 31.2. The molecular weight excluding hydrogens is 966 g/mol. The van der Waals surface area contributed by atoms with Crippen LogP contribution in [0.15, 0.2) is 158 Å². The Kier molecular flexibility index (Phi) is 52.2. The number of hydrogen-bond acceptors (Lipinski definition) is 7. The van der Waals surface area contributed by atoms with E-state index in [1.54, 1.807) is 0 Å². The van der Waals surface area contributed by atoms with Crippen LogP contribution < -0.4 is 0 Å². The number of quaternary nitrogens is 1. The van der Waals surface area contributed by atoms with Gasteiger partial charge in [0, 0.05) is 12.8 Å². The number of allylic oxidation sites excluding steroid dienone is 26. The number of carbonyl (C=O) groups is 2. The molecule has 0 saturated heterocycles. The molecule has 0 aromatic rings. The third-order valence-corrected chi connectivity index (χ3v) is 12.5. The van der Waals surface area contributed by atoms with Crippen LogP contribution in [0.1, 0.15) is 194 Å². The number of rotatable bonds is 51. The molecule has 0 saturated carbocycles. The van der Waals surface area contributed by atoms with Crippen molar-refractivity contribution in [3.8, 4) is 0 Å². The van der Waals surface area contributed by atoms with Crippen molar-refractivity contribution in [1.82, 2.24) is 0 Å². The lowest BCUT2D eigenvalue weighted by atomic mass is 10.1. The molecule has 0 aromatic carbocycles. The first-order chi connectivity index (χ1) is 37.0. The monoisotopic (exact) mass is 1070 g/mol. The van der Waals surface area contributed by atoms with E-state index in [0.29, 0.717) is 23.9 Å². The summed E-state index contributed by atoms with van der Waals surface area (Å²) in [6, 6.07) is 0. The predicted molar refractivity (Wildman–Crippen MR) is 325 cm³/mol. The summed E-state index contributed by atoms with van der Waals surface area (Å²) in [4.78, 5) is 35.5. The minimum atomic E-state index is -4.40. The molecule has 76 heavy (non-hydrogen) atoms. The summed E-state index contributed by atoms with van der Waals surface area (Å²) in [7, 11) is 1.43. The lowest BCUT2D eigenvalue weighted by molar-refractivity contribution is -0.870. The van der Waals surface area contributed by atoms with Gasteiger partial charge in [-0.15, -0.1) is 0 Å². The van der Waals surface area contributed by atoms with Crippen molar-refractivity contribution < 1.29 is 42.1 Å². The Labute approximate surface area is 465 Å². The zero-order chi connectivity index (χ0) is 55.6. The molecule has 2 atom stereocenters. The van der Waals surface area contributed by atoms with Gasteiger partial charge in [-0.3, -0.25) is 18.6 Å². The number of esters is 2. The summed E-state index contributed by atoms with van der Waals surface area (Å²) in [5.41, 5.74) is 0. The minimum Gasteiger partial charge on any atom is -0.462 e. The summed E-state index contributed by atoms with van der Waals surface area (Å²) in [5.74, 6) is -0.853. The predicted octanol–water partition coefficient (Wildman–Crippen LogP) is 18.5. The van der Waals surface area contributed by atoms with Crippen LogP contribution in [0.5, 0.6) is 0 Å². The van der Waals surface area contributed by atoms with Crippen molar-refractivity contribution in [3.05, 3.63) is 158 Å². The number of ether oxygens (including phenoxy) is 2. The smallest absolute Gasteiger partial charge is 0.462 e. The molecule has 9 nitrogen and oxygen atoms in total. The largest absolute Gasteiger partial charge is 0.472 e. The van der Waals surface area contributed by atoms with E-state index in [-0.39, 0.29) is 26.1 Å². The molecule has 428 valence electrons. The van der Waals surface area contributed by atoms with Gasteiger partial charge >= 0.3 is 19.8 Å². The van der Waals surface area contributed by atoms with Crippen molar-refractivity contribution in [2.75, 3.05) is 47.5 Å². The molecular formula is C66H107NO8P+. The Morgan fingerprint density at radius 2 is 0.750 bits per heavy atom. The number of unbranched alkanes of at least 4 members (excludes halogenated alkanes) is 11. The van der Waals surface area contributed by atoms with E-state index in [1.165, 1.54) is 12.8 Å². The fraction of sp³-hybridized carbons (Fsp3) is 0.576. The molecule has 0 radical (unpaired) electrons. The van der Waals surface area contributed by atoms with Crippen molar-refractivity contribution in [3.63, 3.8) is 0 Å². The molecule has 0 aliphatic carbocycles. The second kappa shape index (κ2) is 55.4. The molecule has 1 N–H and O–H groups in total. The first kappa shape index (κ1) is 71.6. The van der Waals surface area contributed by atoms with Gasteiger partial charge in [-0.25, -0.2) is 4.57 Å². The number of hydrogen-bond donors (Lipinski definition) is 1. The number of phosphoric ester groups is 1. The fourth-order valence-corrected chi connectivity index (χ4v) is 7.78. The highest BCUT2D eigenvalue weighted by molar-refractivity contribution is 7.47. The number of carbonyl (C=O) groups excluding carboxylic acids is 2. The first-order valence-electron chi connectivity index (χ1n) is 29.2. The van der Waals surface area contributed by atoms with E-state index in [2.05, 4.69) is 172 Å². The van der Waals surface area contributed by atoms with E-state index in [9.17, 15) is 19.0 Å². The lowest BCUT2D eigenvalue weighted by Gasteiger charge is -2.24. The summed E-state index contributed by atoms with van der Waals surface area (Å²) in [6.45, 7) is 4.20. The van der Waals surface area contributed by atoms with Gasteiger partial charge in [-0.05, 0) is 122 Å². The molecule has 0 fully saturated rings. The van der Waals surface area contributed by atoms with Crippen LogP contribution in [0.25, 0.3) is 0 Å². The fourth-order valence-electron chi connectivity index (χ4n) is 7.03. The first-order valence-corrected chi connectivity index (χ1v) is 30.7. The topological polar surface area (TPSA) is 108 Å². The minimum absolute atomic E-state index is 0.0168. The molecule has 0 spiro atoms. The second-order valence-electron chi connectivity index (χ2n) is 19.9. The van der Waals surface area contributed by atoms with E-state index in [0.717, 1.165) is 141 Å². The maximum absolute atomic E-state index is 12.8. The standard InChI is InChI=1S/C66H106NO8P/c1-6-8-10-12-14-16-18-19-20-21-22-23-24-25-26-27-28-29-30-31-32-33-34-35-36-37-38-39-40-41-42-43-44-45-46-47-49-51-53-55-57-59-66(69)75-64(63-74-76(70,71)73-61-60-67(3,4)5)62-72-65(68)58-56-54-52-50-48-17-15-13-11-9-7-2/h8,10,13-16,19-20,22-23,25-26,28-29,31-32,34-35,37-38,40-41,43-44,46-47,64H,6-7,9,11-12,17-18,21,24,27,30,33,36,39,42,45,48-63H2,1-5H3/p+1/b10-8-,15-13-,16-14-,20-19-,23-22-,26-25-,29-28-,32-31-,35-34-,38-37-,41-40-,44-43-,47-46-. The highest BCUT2D eigenvalue weighted by Gasteiger charge is 2.27. The SMILES string of the molecule is CC/C=C\C/C=C\C/C=C\C/C=C\C/C=C\C/C=C\C/C=C\C/C=C\C/C=C\C/C=C\C/C=C\C/C=C\CCCCCCC(=O)OC(COC(=O)CCCCCCC/C=C\CCCC)COP(=O)(O)OCC[N+](C)(C)C. The molecule has 0 aromatic heterocycles. The second-order valence-corrected chi connectivity index (χ2v) is 21.4. The lowest BCUT2D eigenvalue weighted by Crippen LogP contribution is -2.37. The average Bonchev–Trinajstić information content (AvgIpc) is 3.38. The summed E-state index contributed by atoms with van der Waals surface area (Å²) < 4.78 is 34.4. The Hall–Kier alpha value is -4.37. The van der Waals surface area contributed by atoms with Crippen LogP contribution in [0, 0.1) is 0 Å². The van der Waals surface area contributed by atoms with Gasteiger partial charge in [-0.1, -0.05) is 217 Å². The molecule has 2 unspecified atom stereocenters. The van der Waals surface area contributed by atoms with Crippen LogP contribution in [0.3, 0.4) is 0 Å². The van der Waals surface area contributed by atoms with E-state index in [1.807, 2.05) is 21.1 Å². The number of nitrogens with zero attached hydrogens (tertiary/aromatic N) is 1. The van der Waals surface area contributed by atoms with E-state index >= 15 is 0 Å². The molecule has 0 bridgehead atoms. The normalized spacial score (nSPS) is 14.4. The molecule has 0 aliphatic rings. The summed E-state index contributed by atoms with van der Waals surface area (Å²) >= 11 is 0. The molecule has 0 heterocycles. The Morgan fingerprint density at radius 3 is 1.13 bits per heavy atom. The summed E-state index contributed by atoms with van der Waals surface area (Å²) in [6.07, 6.45) is 83.3. The van der Waals surface area contributed by atoms with Crippen molar-refractivity contribution in [2.45, 2.75) is 200 Å². The Balaban J connectivity index is 4.17. The van der Waals surface area contributed by atoms with Gasteiger partial charge in [0.15, 0.2) is 6.10 Å². The van der Waals surface area contributed by atoms with E-state index < -0.39 is 32.5 Å². The maximum atomic E-state index is 12.8. The third kappa shape index (κ3) is 58.9. The molecule has 0 rings (SSSR count). The van der Waals surface area contributed by atoms with Gasteiger partial charge in [0.25, 0.3) is 0 Å². The average molecular weight is 1070 g/mol. The third-order valence-electron chi connectivity index (χ3n) is 11.5. The van der Waals surface area contributed by atoms with Gasteiger partial charge < -0.3 is 18.9 Å². The molecule has 0 amide bonds. The zero-order valence-electron chi connectivity index (χ0n) is 48.4. The van der Waals surface area contributed by atoms with Gasteiger partial charge in [0.1, 0.15) is 19.8 Å². The van der Waals surface area contributed by atoms with E-state index in [4.69, 9.17) is 18.5 Å². The Morgan fingerprint density at radius 1 is 0.421 bits per heavy atom.